The first kappa shape index (κ1) is 14.4. The van der Waals surface area contributed by atoms with Gasteiger partial charge < -0.3 is 14.3 Å². The zero-order valence-corrected chi connectivity index (χ0v) is 11.5. The van der Waals surface area contributed by atoms with Crippen LogP contribution >= 0.6 is 0 Å². The Balaban J connectivity index is 2.91. The summed E-state index contributed by atoms with van der Waals surface area (Å²) in [5.74, 6) is -0.625. The van der Waals surface area contributed by atoms with Gasteiger partial charge in [0.1, 0.15) is 6.29 Å². The first-order chi connectivity index (χ1) is 7.73. The normalized spacial score (nSPS) is 32.8. The van der Waals surface area contributed by atoms with Crippen LogP contribution in [0.4, 0.5) is 0 Å². The van der Waals surface area contributed by atoms with E-state index in [-0.39, 0.29) is 23.5 Å². The Labute approximate surface area is 104 Å². The second kappa shape index (κ2) is 4.91. The van der Waals surface area contributed by atoms with Gasteiger partial charge in [-0.25, -0.2) is 0 Å². The van der Waals surface area contributed by atoms with E-state index in [1.165, 1.54) is 0 Å². The topological polar surface area (TPSA) is 35.5 Å². The number of hydrogen-bond donors (Lipinski definition) is 0. The molecule has 98 valence electrons. The molecule has 0 N–H and O–H groups in total. The molecule has 1 rings (SSSR count). The summed E-state index contributed by atoms with van der Waals surface area (Å²) in [7, 11) is 0. The van der Waals surface area contributed by atoms with Crippen molar-refractivity contribution in [3.8, 4) is 0 Å². The monoisotopic (exact) mass is 240 g/mol. The number of hydrogen-bond acceptors (Lipinski definition) is 3. The second-order valence-electron chi connectivity index (χ2n) is 5.95. The Morgan fingerprint density at radius 3 is 2.35 bits per heavy atom. The summed E-state index contributed by atoms with van der Waals surface area (Å²) in [6, 6.07) is 0. The minimum absolute atomic E-state index is 0.00126. The van der Waals surface area contributed by atoms with Crippen LogP contribution in [0.3, 0.4) is 0 Å². The summed E-state index contributed by atoms with van der Waals surface area (Å²) in [6.45, 7) is 13.7. The number of carbonyl (C=O) groups is 1. The lowest BCUT2D eigenvalue weighted by Gasteiger charge is -2.50. The minimum atomic E-state index is -0.623. The molecule has 0 radical (unpaired) electrons. The molecule has 0 saturated carbocycles. The highest BCUT2D eigenvalue weighted by molar-refractivity contribution is 5.52. The van der Waals surface area contributed by atoms with Crippen molar-refractivity contribution in [2.45, 2.75) is 59.0 Å². The Hall–Kier alpha value is -0.670. The number of aldehydes is 1. The summed E-state index contributed by atoms with van der Waals surface area (Å²) in [6.07, 6.45) is 3.45. The van der Waals surface area contributed by atoms with E-state index in [0.717, 1.165) is 6.29 Å². The molecule has 3 atom stereocenters. The lowest BCUT2D eigenvalue weighted by Crippen LogP contribution is -2.55. The van der Waals surface area contributed by atoms with E-state index < -0.39 is 5.79 Å². The highest BCUT2D eigenvalue weighted by atomic mass is 16.7. The van der Waals surface area contributed by atoms with E-state index in [9.17, 15) is 4.79 Å². The predicted molar refractivity (Wildman–Crippen MR) is 67.6 cm³/mol. The molecule has 0 spiro atoms. The van der Waals surface area contributed by atoms with E-state index >= 15 is 0 Å². The van der Waals surface area contributed by atoms with Crippen molar-refractivity contribution in [1.82, 2.24) is 0 Å². The van der Waals surface area contributed by atoms with Crippen LogP contribution in [0, 0.1) is 11.3 Å². The average Bonchev–Trinajstić information content (AvgIpc) is 2.22. The largest absolute Gasteiger partial charge is 0.347 e. The molecule has 17 heavy (non-hydrogen) atoms. The molecule has 1 fully saturated rings. The Morgan fingerprint density at radius 1 is 1.29 bits per heavy atom. The smallest absolute Gasteiger partial charge is 0.163 e. The van der Waals surface area contributed by atoms with E-state index in [4.69, 9.17) is 9.47 Å². The van der Waals surface area contributed by atoms with Crippen LogP contribution in [-0.2, 0) is 14.3 Å². The second-order valence-corrected chi connectivity index (χ2v) is 5.95. The van der Waals surface area contributed by atoms with Crippen molar-refractivity contribution in [1.29, 1.82) is 0 Å². The fraction of sp³-hybridized carbons (Fsp3) is 0.786. The number of carbonyl (C=O) groups excluding carboxylic acids is 1. The third kappa shape index (κ3) is 3.17. The van der Waals surface area contributed by atoms with Gasteiger partial charge in [-0.15, -0.1) is 6.58 Å². The van der Waals surface area contributed by atoms with Crippen molar-refractivity contribution >= 4 is 6.29 Å². The maximum absolute atomic E-state index is 10.8. The first-order valence-electron chi connectivity index (χ1n) is 6.16. The SMILES string of the molecule is C=C[C@H]1OC(C)(C)O[C@H](C[C@H](C)C=O)C1(C)C. The van der Waals surface area contributed by atoms with E-state index in [1.54, 1.807) is 0 Å². The molecular formula is C14H24O3. The summed E-state index contributed by atoms with van der Waals surface area (Å²) < 4.78 is 11.8. The Morgan fingerprint density at radius 2 is 1.88 bits per heavy atom. The van der Waals surface area contributed by atoms with Gasteiger partial charge in [-0.2, -0.15) is 0 Å². The molecular weight excluding hydrogens is 216 g/mol. The third-order valence-corrected chi connectivity index (χ3v) is 3.43. The highest BCUT2D eigenvalue weighted by Gasteiger charge is 2.47. The van der Waals surface area contributed by atoms with Gasteiger partial charge in [-0.1, -0.05) is 26.8 Å². The van der Waals surface area contributed by atoms with Crippen LogP contribution in [0.5, 0.6) is 0 Å². The summed E-state index contributed by atoms with van der Waals surface area (Å²) in [5, 5.41) is 0. The molecule has 0 bridgehead atoms. The zero-order valence-electron chi connectivity index (χ0n) is 11.5. The van der Waals surface area contributed by atoms with Gasteiger partial charge in [0, 0.05) is 11.3 Å². The van der Waals surface area contributed by atoms with Gasteiger partial charge in [0.15, 0.2) is 5.79 Å². The first-order valence-corrected chi connectivity index (χ1v) is 6.16. The van der Waals surface area contributed by atoms with Gasteiger partial charge in [0.2, 0.25) is 0 Å². The Bertz CT molecular complexity index is 294. The lowest BCUT2D eigenvalue weighted by molar-refractivity contribution is -0.333. The molecule has 0 unspecified atom stereocenters. The minimum Gasteiger partial charge on any atom is -0.347 e. The average molecular weight is 240 g/mol. The quantitative estimate of drug-likeness (QED) is 0.560. The summed E-state index contributed by atoms with van der Waals surface area (Å²) in [5.41, 5.74) is -0.172. The molecule has 0 aromatic rings. The van der Waals surface area contributed by atoms with Gasteiger partial charge >= 0.3 is 0 Å². The maximum atomic E-state index is 10.8. The van der Waals surface area contributed by atoms with Crippen molar-refractivity contribution in [2.24, 2.45) is 11.3 Å². The zero-order chi connectivity index (χ0) is 13.3. The van der Waals surface area contributed by atoms with Crippen LogP contribution in [0.1, 0.15) is 41.0 Å². The maximum Gasteiger partial charge on any atom is 0.163 e. The van der Waals surface area contributed by atoms with Gasteiger partial charge in [-0.3, -0.25) is 0 Å². The molecule has 3 nitrogen and oxygen atoms in total. The standard InChI is InChI=1S/C14H24O3/c1-7-11-13(3,4)12(8-10(2)9-15)17-14(5,6)16-11/h7,9-12H,1,8H2,2-6H3/t10-,11+,12+/m0/s1. The molecule has 1 aliphatic heterocycles. The van der Waals surface area contributed by atoms with Gasteiger partial charge in [-0.05, 0) is 20.3 Å². The highest BCUT2D eigenvalue weighted by Crippen LogP contribution is 2.42. The van der Waals surface area contributed by atoms with Crippen LogP contribution in [0.25, 0.3) is 0 Å². The van der Waals surface area contributed by atoms with Crippen LogP contribution in [-0.4, -0.2) is 24.3 Å². The lowest BCUT2D eigenvalue weighted by atomic mass is 9.76. The molecule has 0 amide bonds. The van der Waals surface area contributed by atoms with Crippen molar-refractivity contribution < 1.29 is 14.3 Å². The van der Waals surface area contributed by atoms with Gasteiger partial charge in [0.25, 0.3) is 0 Å². The molecule has 1 aliphatic rings. The van der Waals surface area contributed by atoms with E-state index in [0.29, 0.717) is 6.42 Å². The molecule has 0 aromatic carbocycles. The molecule has 1 heterocycles. The fourth-order valence-electron chi connectivity index (χ4n) is 2.26. The van der Waals surface area contributed by atoms with Crippen molar-refractivity contribution in [3.63, 3.8) is 0 Å². The van der Waals surface area contributed by atoms with Crippen molar-refractivity contribution in [2.75, 3.05) is 0 Å². The van der Waals surface area contributed by atoms with Crippen LogP contribution in [0.2, 0.25) is 0 Å². The number of rotatable bonds is 4. The van der Waals surface area contributed by atoms with Crippen molar-refractivity contribution in [3.05, 3.63) is 12.7 Å². The Kier molecular flexibility index (Phi) is 4.15. The molecule has 3 heteroatoms. The van der Waals surface area contributed by atoms with E-state index in [2.05, 4.69) is 20.4 Å². The fourth-order valence-corrected chi connectivity index (χ4v) is 2.26. The number of ether oxygens (including phenoxy) is 2. The molecule has 1 saturated heterocycles. The molecule has 0 aromatic heterocycles. The van der Waals surface area contributed by atoms with E-state index in [1.807, 2.05) is 26.8 Å². The predicted octanol–water partition coefficient (Wildman–Crippen LogP) is 2.94. The van der Waals surface area contributed by atoms with Crippen LogP contribution < -0.4 is 0 Å². The third-order valence-electron chi connectivity index (χ3n) is 3.43. The van der Waals surface area contributed by atoms with Gasteiger partial charge in [0.05, 0.1) is 12.2 Å². The summed E-state index contributed by atoms with van der Waals surface area (Å²) >= 11 is 0. The summed E-state index contributed by atoms with van der Waals surface area (Å²) in [4.78, 5) is 10.8. The molecule has 0 aliphatic carbocycles. The van der Waals surface area contributed by atoms with Crippen LogP contribution in [0.15, 0.2) is 12.7 Å².